The van der Waals surface area contributed by atoms with Crippen molar-refractivity contribution in [3.63, 3.8) is 0 Å². The van der Waals surface area contributed by atoms with Crippen LogP contribution in [0.5, 0.6) is 5.75 Å². The summed E-state index contributed by atoms with van der Waals surface area (Å²) in [4.78, 5) is 24.5. The van der Waals surface area contributed by atoms with Crippen molar-refractivity contribution in [3.8, 4) is 5.75 Å². The number of rotatable bonds is 6. The molecule has 2 N–H and O–H groups in total. The zero-order valence-electron chi connectivity index (χ0n) is 14.4. The summed E-state index contributed by atoms with van der Waals surface area (Å²) in [6, 6.07) is 15.2. The van der Waals surface area contributed by atoms with E-state index in [2.05, 4.69) is 15.8 Å². The molecule has 1 aromatic heterocycles. The Hall–Kier alpha value is -3.32. The van der Waals surface area contributed by atoms with Crippen LogP contribution >= 0.6 is 11.6 Å². The highest BCUT2D eigenvalue weighted by Crippen LogP contribution is 2.24. The van der Waals surface area contributed by atoms with Gasteiger partial charge in [0.1, 0.15) is 5.75 Å². The average molecular weight is 386 g/mol. The van der Waals surface area contributed by atoms with Crippen LogP contribution in [-0.2, 0) is 4.79 Å². The summed E-state index contributed by atoms with van der Waals surface area (Å²) in [6.07, 6.45) is 0. The predicted molar refractivity (Wildman–Crippen MR) is 101 cm³/mol. The fourth-order valence-corrected chi connectivity index (χ4v) is 2.44. The molecule has 0 fully saturated rings. The molecule has 1 heterocycles. The van der Waals surface area contributed by atoms with Gasteiger partial charge in [-0.25, -0.2) is 0 Å². The monoisotopic (exact) mass is 385 g/mol. The molecule has 0 atom stereocenters. The van der Waals surface area contributed by atoms with E-state index >= 15 is 0 Å². The predicted octanol–water partition coefficient (Wildman–Crippen LogP) is 3.91. The lowest BCUT2D eigenvalue weighted by Gasteiger charge is -2.12. The van der Waals surface area contributed by atoms with Crippen LogP contribution in [0.3, 0.4) is 0 Å². The number of hydrogen-bond donors (Lipinski definition) is 2. The molecule has 3 aromatic rings. The van der Waals surface area contributed by atoms with E-state index in [1.807, 2.05) is 6.07 Å². The normalized spacial score (nSPS) is 10.3. The van der Waals surface area contributed by atoms with Crippen molar-refractivity contribution in [2.24, 2.45) is 0 Å². The third kappa shape index (κ3) is 5.08. The smallest absolute Gasteiger partial charge is 0.264 e. The number of nitrogens with one attached hydrogen (secondary N) is 2. The number of carbonyl (C=O) groups is 2. The minimum Gasteiger partial charge on any atom is -0.483 e. The number of hydrogen-bond acceptors (Lipinski definition) is 5. The van der Waals surface area contributed by atoms with Crippen molar-refractivity contribution in [1.29, 1.82) is 0 Å². The highest BCUT2D eigenvalue weighted by atomic mass is 35.5. The van der Waals surface area contributed by atoms with Gasteiger partial charge in [-0.15, -0.1) is 0 Å². The quantitative estimate of drug-likeness (QED) is 0.671. The molecule has 0 saturated carbocycles. The minimum atomic E-state index is -0.449. The van der Waals surface area contributed by atoms with Crippen molar-refractivity contribution >= 4 is 35.0 Å². The highest BCUT2D eigenvalue weighted by molar-refractivity contribution is 6.31. The number of benzene rings is 2. The van der Waals surface area contributed by atoms with Crippen LogP contribution in [0.4, 0.5) is 11.6 Å². The van der Waals surface area contributed by atoms with Crippen molar-refractivity contribution in [1.82, 2.24) is 5.16 Å². The summed E-state index contributed by atoms with van der Waals surface area (Å²) in [6.45, 7) is 1.42. The van der Waals surface area contributed by atoms with Gasteiger partial charge in [0, 0.05) is 16.8 Å². The maximum atomic E-state index is 12.6. The Balaban J connectivity index is 1.68. The lowest BCUT2D eigenvalue weighted by atomic mass is 10.2. The van der Waals surface area contributed by atoms with E-state index in [0.29, 0.717) is 16.4 Å². The third-order valence-electron chi connectivity index (χ3n) is 3.47. The van der Waals surface area contributed by atoms with E-state index in [0.717, 1.165) is 0 Å². The van der Waals surface area contributed by atoms with Gasteiger partial charge in [-0.2, -0.15) is 0 Å². The van der Waals surface area contributed by atoms with Crippen LogP contribution < -0.4 is 15.4 Å². The van der Waals surface area contributed by atoms with E-state index < -0.39 is 11.8 Å². The van der Waals surface area contributed by atoms with Gasteiger partial charge < -0.3 is 14.6 Å². The molecule has 0 aliphatic heterocycles. The fourth-order valence-electron chi connectivity index (χ4n) is 2.26. The van der Waals surface area contributed by atoms with E-state index in [9.17, 15) is 9.59 Å². The molecule has 3 rings (SSSR count). The van der Waals surface area contributed by atoms with Gasteiger partial charge in [0.05, 0.1) is 11.3 Å². The standard InChI is InChI=1S/C19H16ClN3O4/c1-12-9-18(27-23-12)22-17(24)11-26-16-8-7-13(20)10-15(16)19(25)21-14-5-3-2-4-6-14/h2-10H,11H2,1H3,(H,21,25)(H,22,24). The van der Waals surface area contributed by atoms with Crippen molar-refractivity contribution in [2.45, 2.75) is 6.92 Å². The number of aromatic nitrogens is 1. The topological polar surface area (TPSA) is 93.5 Å². The minimum absolute atomic E-state index is 0.217. The van der Waals surface area contributed by atoms with Gasteiger partial charge in [0.15, 0.2) is 6.61 Å². The summed E-state index contributed by atoms with van der Waals surface area (Å²) in [5.74, 6) is -0.392. The largest absolute Gasteiger partial charge is 0.483 e. The fraction of sp³-hybridized carbons (Fsp3) is 0.105. The first-order valence-electron chi connectivity index (χ1n) is 8.03. The van der Waals surface area contributed by atoms with Gasteiger partial charge >= 0.3 is 0 Å². The Morgan fingerprint density at radius 2 is 1.89 bits per heavy atom. The lowest BCUT2D eigenvalue weighted by Crippen LogP contribution is -2.21. The number of para-hydroxylation sites is 1. The number of anilines is 2. The maximum Gasteiger partial charge on any atom is 0.264 e. The molecule has 0 unspecified atom stereocenters. The highest BCUT2D eigenvalue weighted by Gasteiger charge is 2.15. The number of nitrogens with zero attached hydrogens (tertiary/aromatic N) is 1. The van der Waals surface area contributed by atoms with Crippen LogP contribution in [0.2, 0.25) is 5.02 Å². The molecule has 138 valence electrons. The van der Waals surface area contributed by atoms with Crippen LogP contribution in [0.15, 0.2) is 59.1 Å². The molecule has 0 spiro atoms. The molecule has 0 bridgehead atoms. The Labute approximate surface area is 160 Å². The Kier molecular flexibility index (Phi) is 5.73. The zero-order valence-corrected chi connectivity index (χ0v) is 15.1. The van der Waals surface area contributed by atoms with E-state index in [1.54, 1.807) is 43.3 Å². The van der Waals surface area contributed by atoms with E-state index in [1.165, 1.54) is 12.1 Å². The van der Waals surface area contributed by atoms with Gasteiger partial charge in [-0.05, 0) is 37.3 Å². The Morgan fingerprint density at radius 1 is 1.11 bits per heavy atom. The van der Waals surface area contributed by atoms with Gasteiger partial charge in [0.25, 0.3) is 11.8 Å². The van der Waals surface area contributed by atoms with E-state index in [4.69, 9.17) is 20.9 Å². The molecule has 0 radical (unpaired) electrons. The first-order chi connectivity index (χ1) is 13.0. The molecule has 8 heteroatoms. The van der Waals surface area contributed by atoms with Crippen molar-refractivity contribution in [2.75, 3.05) is 17.2 Å². The third-order valence-corrected chi connectivity index (χ3v) is 3.70. The lowest BCUT2D eigenvalue weighted by molar-refractivity contribution is -0.118. The Bertz CT molecular complexity index is 957. The summed E-state index contributed by atoms with van der Waals surface area (Å²) in [5.41, 5.74) is 1.49. The summed E-state index contributed by atoms with van der Waals surface area (Å²) < 4.78 is 10.4. The molecule has 2 aromatic carbocycles. The van der Waals surface area contributed by atoms with Crippen LogP contribution in [0.1, 0.15) is 16.1 Å². The van der Waals surface area contributed by atoms with Crippen LogP contribution in [-0.4, -0.2) is 23.6 Å². The van der Waals surface area contributed by atoms with Crippen molar-refractivity contribution in [3.05, 3.63) is 70.9 Å². The average Bonchev–Trinajstić information content (AvgIpc) is 3.06. The number of amides is 2. The number of ether oxygens (including phenoxy) is 1. The molecular formula is C19H16ClN3O4. The molecule has 0 aliphatic carbocycles. The second kappa shape index (κ2) is 8.37. The number of halogens is 1. The first-order valence-corrected chi connectivity index (χ1v) is 8.41. The van der Waals surface area contributed by atoms with Crippen LogP contribution in [0, 0.1) is 6.92 Å². The van der Waals surface area contributed by atoms with E-state index in [-0.39, 0.29) is 23.8 Å². The second-order valence-electron chi connectivity index (χ2n) is 5.63. The SMILES string of the molecule is Cc1cc(NC(=O)COc2ccc(Cl)cc2C(=O)Nc2ccccc2)on1. The van der Waals surface area contributed by atoms with Crippen LogP contribution in [0.25, 0.3) is 0 Å². The summed E-state index contributed by atoms with van der Waals surface area (Å²) in [5, 5.41) is 9.32. The number of carbonyl (C=O) groups excluding carboxylic acids is 2. The molecule has 7 nitrogen and oxygen atoms in total. The molecular weight excluding hydrogens is 370 g/mol. The van der Waals surface area contributed by atoms with Crippen molar-refractivity contribution < 1.29 is 18.8 Å². The molecule has 0 aliphatic rings. The molecule has 0 saturated heterocycles. The summed E-state index contributed by atoms with van der Waals surface area (Å²) in [7, 11) is 0. The zero-order chi connectivity index (χ0) is 19.2. The van der Waals surface area contributed by atoms with Gasteiger partial charge in [-0.1, -0.05) is 35.0 Å². The summed E-state index contributed by atoms with van der Waals surface area (Å²) >= 11 is 6.00. The van der Waals surface area contributed by atoms with Gasteiger partial charge in [-0.3, -0.25) is 14.9 Å². The van der Waals surface area contributed by atoms with Gasteiger partial charge in [0.2, 0.25) is 5.88 Å². The molecule has 27 heavy (non-hydrogen) atoms. The first kappa shape index (κ1) is 18.5. The number of aryl methyl sites for hydroxylation is 1. The Morgan fingerprint density at radius 3 is 2.59 bits per heavy atom. The molecule has 2 amide bonds. The second-order valence-corrected chi connectivity index (χ2v) is 6.07. The maximum absolute atomic E-state index is 12.6.